The number of aldehydes is 1. The van der Waals surface area contributed by atoms with E-state index in [-0.39, 0.29) is 0 Å². The maximum atomic E-state index is 10.4. The van der Waals surface area contributed by atoms with Gasteiger partial charge in [-0.2, -0.15) is 0 Å². The van der Waals surface area contributed by atoms with Crippen molar-refractivity contribution in [2.24, 2.45) is 5.92 Å². The van der Waals surface area contributed by atoms with Gasteiger partial charge in [-0.3, -0.25) is 4.79 Å². The molecule has 0 aliphatic rings. The summed E-state index contributed by atoms with van der Waals surface area (Å²) in [4.78, 5) is 10.4. The first kappa shape index (κ1) is 12.8. The minimum absolute atomic E-state index is 0.687. The van der Waals surface area contributed by atoms with Gasteiger partial charge < -0.3 is 4.74 Å². The van der Waals surface area contributed by atoms with Gasteiger partial charge >= 0.3 is 0 Å². The van der Waals surface area contributed by atoms with Gasteiger partial charge in [-0.15, -0.1) is 0 Å². The topological polar surface area (TPSA) is 26.3 Å². The second kappa shape index (κ2) is 7.04. The zero-order valence-corrected chi connectivity index (χ0v) is 10.1. The van der Waals surface area contributed by atoms with Gasteiger partial charge in [0.05, 0.1) is 6.61 Å². The van der Waals surface area contributed by atoms with Crippen molar-refractivity contribution in [1.82, 2.24) is 0 Å². The predicted molar refractivity (Wildman–Crippen MR) is 66.0 cm³/mol. The summed E-state index contributed by atoms with van der Waals surface area (Å²) in [5.74, 6) is 1.62. The predicted octanol–water partition coefficient (Wildman–Crippen LogP) is 3.70. The quantitative estimate of drug-likeness (QED) is 0.517. The molecule has 0 aliphatic heterocycles. The van der Waals surface area contributed by atoms with Gasteiger partial charge in [0.2, 0.25) is 0 Å². The van der Waals surface area contributed by atoms with Crippen LogP contribution in [0.25, 0.3) is 0 Å². The zero-order valence-electron chi connectivity index (χ0n) is 10.1. The van der Waals surface area contributed by atoms with Gasteiger partial charge in [0.15, 0.2) is 0 Å². The third-order valence-corrected chi connectivity index (χ3v) is 2.82. The lowest BCUT2D eigenvalue weighted by molar-refractivity contribution is 0.112. The Hall–Kier alpha value is -1.31. The van der Waals surface area contributed by atoms with Crippen molar-refractivity contribution in [2.45, 2.75) is 33.1 Å². The van der Waals surface area contributed by atoms with Gasteiger partial charge in [-0.05, 0) is 43.0 Å². The van der Waals surface area contributed by atoms with Gasteiger partial charge in [0.25, 0.3) is 0 Å². The lowest BCUT2D eigenvalue weighted by atomic mass is 10.0. The fourth-order valence-electron chi connectivity index (χ4n) is 1.47. The molecule has 2 nitrogen and oxygen atoms in total. The van der Waals surface area contributed by atoms with Crippen LogP contribution in [0, 0.1) is 5.92 Å². The molecule has 0 N–H and O–H groups in total. The summed E-state index contributed by atoms with van der Waals surface area (Å²) in [6.45, 7) is 5.23. The number of rotatable bonds is 7. The van der Waals surface area contributed by atoms with E-state index in [1.54, 1.807) is 12.1 Å². The molecule has 0 saturated carbocycles. The Labute approximate surface area is 97.6 Å². The number of benzene rings is 1. The Morgan fingerprint density at radius 2 is 2.00 bits per heavy atom. The van der Waals surface area contributed by atoms with Crippen LogP contribution in [0.5, 0.6) is 5.75 Å². The number of hydrogen-bond acceptors (Lipinski definition) is 2. The molecule has 2 heteroatoms. The fraction of sp³-hybridized carbons (Fsp3) is 0.500. The molecule has 1 unspecified atom stereocenters. The molecule has 0 bridgehead atoms. The van der Waals surface area contributed by atoms with E-state index < -0.39 is 0 Å². The smallest absolute Gasteiger partial charge is 0.150 e. The first-order chi connectivity index (χ1) is 7.76. The zero-order chi connectivity index (χ0) is 11.8. The molecule has 0 amide bonds. The summed E-state index contributed by atoms with van der Waals surface area (Å²) in [6.07, 6.45) is 4.37. The summed E-state index contributed by atoms with van der Waals surface area (Å²) in [5, 5.41) is 0. The van der Waals surface area contributed by atoms with E-state index in [0.717, 1.165) is 31.0 Å². The molecule has 1 aromatic carbocycles. The van der Waals surface area contributed by atoms with Crippen LogP contribution in [0.1, 0.15) is 43.5 Å². The van der Waals surface area contributed by atoms with Crippen molar-refractivity contribution in [2.75, 3.05) is 6.61 Å². The van der Waals surface area contributed by atoms with Gasteiger partial charge in [-0.25, -0.2) is 0 Å². The molecule has 1 aromatic rings. The van der Waals surface area contributed by atoms with Crippen LogP contribution in [0.2, 0.25) is 0 Å². The van der Waals surface area contributed by atoms with Crippen molar-refractivity contribution in [3.8, 4) is 5.75 Å². The normalized spacial score (nSPS) is 12.1. The molecule has 0 aliphatic carbocycles. The number of carbonyl (C=O) groups is 1. The monoisotopic (exact) mass is 220 g/mol. The fourth-order valence-corrected chi connectivity index (χ4v) is 1.47. The highest BCUT2D eigenvalue weighted by atomic mass is 16.5. The van der Waals surface area contributed by atoms with Crippen molar-refractivity contribution in [3.05, 3.63) is 29.8 Å². The van der Waals surface area contributed by atoms with E-state index in [0.29, 0.717) is 5.56 Å². The van der Waals surface area contributed by atoms with Gasteiger partial charge in [0, 0.05) is 5.56 Å². The molecular weight excluding hydrogens is 200 g/mol. The SMILES string of the molecule is CCC(C)CCCOc1ccc(C=O)cc1. The minimum atomic E-state index is 0.687. The van der Waals surface area contributed by atoms with Gasteiger partial charge in [-0.1, -0.05) is 20.3 Å². The standard InChI is InChI=1S/C14H20O2/c1-3-12(2)5-4-10-16-14-8-6-13(11-15)7-9-14/h6-9,11-12H,3-5,10H2,1-2H3. The number of carbonyl (C=O) groups excluding carboxylic acids is 1. The van der Waals surface area contributed by atoms with Crippen LogP contribution in [0.4, 0.5) is 0 Å². The minimum Gasteiger partial charge on any atom is -0.494 e. The van der Waals surface area contributed by atoms with Crippen molar-refractivity contribution in [1.29, 1.82) is 0 Å². The molecular formula is C14H20O2. The maximum Gasteiger partial charge on any atom is 0.150 e. The Balaban J connectivity index is 2.24. The molecule has 0 saturated heterocycles. The van der Waals surface area contributed by atoms with E-state index >= 15 is 0 Å². The van der Waals surface area contributed by atoms with Crippen LogP contribution in [0.15, 0.2) is 24.3 Å². The highest BCUT2D eigenvalue weighted by molar-refractivity contribution is 5.74. The third kappa shape index (κ3) is 4.47. The van der Waals surface area contributed by atoms with E-state index in [4.69, 9.17) is 4.74 Å². The Bertz CT molecular complexity index is 303. The summed E-state index contributed by atoms with van der Waals surface area (Å²) < 4.78 is 5.58. The largest absolute Gasteiger partial charge is 0.494 e. The van der Waals surface area contributed by atoms with Crippen LogP contribution in [-0.2, 0) is 0 Å². The Kier molecular flexibility index (Phi) is 5.62. The van der Waals surface area contributed by atoms with E-state index in [9.17, 15) is 4.79 Å². The summed E-state index contributed by atoms with van der Waals surface area (Å²) in [6, 6.07) is 7.23. The van der Waals surface area contributed by atoms with Gasteiger partial charge in [0.1, 0.15) is 12.0 Å². The third-order valence-electron chi connectivity index (χ3n) is 2.82. The average Bonchev–Trinajstić information content (AvgIpc) is 2.35. The van der Waals surface area contributed by atoms with Crippen LogP contribution < -0.4 is 4.74 Å². The Morgan fingerprint density at radius 3 is 2.56 bits per heavy atom. The highest BCUT2D eigenvalue weighted by Gasteiger charge is 1.99. The van der Waals surface area contributed by atoms with E-state index in [1.165, 1.54) is 12.8 Å². The second-order valence-corrected chi connectivity index (χ2v) is 4.19. The van der Waals surface area contributed by atoms with E-state index in [2.05, 4.69) is 13.8 Å². The first-order valence-electron chi connectivity index (χ1n) is 5.94. The molecule has 0 fully saturated rings. The first-order valence-corrected chi connectivity index (χ1v) is 5.94. The summed E-state index contributed by atoms with van der Waals surface area (Å²) in [5.41, 5.74) is 0.687. The lowest BCUT2D eigenvalue weighted by Crippen LogP contribution is -2.00. The van der Waals surface area contributed by atoms with Crippen molar-refractivity contribution < 1.29 is 9.53 Å². The Morgan fingerprint density at radius 1 is 1.31 bits per heavy atom. The molecule has 16 heavy (non-hydrogen) atoms. The molecule has 1 atom stereocenters. The maximum absolute atomic E-state index is 10.4. The van der Waals surface area contributed by atoms with E-state index in [1.807, 2.05) is 12.1 Å². The number of hydrogen-bond donors (Lipinski definition) is 0. The lowest BCUT2D eigenvalue weighted by Gasteiger charge is -2.09. The average molecular weight is 220 g/mol. The molecule has 0 spiro atoms. The van der Waals surface area contributed by atoms with Crippen molar-refractivity contribution >= 4 is 6.29 Å². The second-order valence-electron chi connectivity index (χ2n) is 4.19. The molecule has 0 aromatic heterocycles. The van der Waals surface area contributed by atoms with Crippen molar-refractivity contribution in [3.63, 3.8) is 0 Å². The molecule has 88 valence electrons. The molecule has 1 rings (SSSR count). The van der Waals surface area contributed by atoms with Crippen LogP contribution in [0.3, 0.4) is 0 Å². The summed E-state index contributed by atoms with van der Waals surface area (Å²) >= 11 is 0. The van der Waals surface area contributed by atoms with Crippen LogP contribution >= 0.6 is 0 Å². The summed E-state index contributed by atoms with van der Waals surface area (Å²) in [7, 11) is 0. The van der Waals surface area contributed by atoms with Crippen LogP contribution in [-0.4, -0.2) is 12.9 Å². The highest BCUT2D eigenvalue weighted by Crippen LogP contribution is 2.13. The number of ether oxygens (including phenoxy) is 1. The molecule has 0 heterocycles. The molecule has 0 radical (unpaired) electrons.